The van der Waals surface area contributed by atoms with E-state index in [0.29, 0.717) is 12.8 Å². The van der Waals surface area contributed by atoms with E-state index in [1.54, 1.807) is 0 Å². The fourth-order valence-corrected chi connectivity index (χ4v) is 2.10. The van der Waals surface area contributed by atoms with E-state index in [1.165, 1.54) is 0 Å². The van der Waals surface area contributed by atoms with Crippen molar-refractivity contribution in [3.63, 3.8) is 0 Å². The zero-order chi connectivity index (χ0) is 14.0. The van der Waals surface area contributed by atoms with Crippen molar-refractivity contribution in [2.45, 2.75) is 67.9 Å². The van der Waals surface area contributed by atoms with E-state index in [0.717, 1.165) is 32.1 Å². The van der Waals surface area contributed by atoms with Crippen molar-refractivity contribution in [3.05, 3.63) is 0 Å². The Labute approximate surface area is 119 Å². The van der Waals surface area contributed by atoms with Gasteiger partial charge in [-0.3, -0.25) is 4.79 Å². The van der Waals surface area contributed by atoms with Crippen LogP contribution in [0.25, 0.3) is 0 Å². The number of hydrogen-bond donors (Lipinski definition) is 1. The molecular formula is C12H20F3IO2. The molecule has 6 heteroatoms. The van der Waals surface area contributed by atoms with Crippen molar-refractivity contribution in [1.82, 2.24) is 0 Å². The van der Waals surface area contributed by atoms with Crippen LogP contribution in [-0.2, 0) is 4.79 Å². The summed E-state index contributed by atoms with van der Waals surface area (Å²) in [7, 11) is 0. The number of unbranched alkanes of at least 4 members (excludes halogenated alkanes) is 6. The molecule has 18 heavy (non-hydrogen) atoms. The van der Waals surface area contributed by atoms with Crippen LogP contribution in [0.2, 0.25) is 0 Å². The molecule has 0 aromatic carbocycles. The van der Waals surface area contributed by atoms with E-state index in [4.69, 9.17) is 5.11 Å². The lowest BCUT2D eigenvalue weighted by molar-refractivity contribution is -0.136. The monoisotopic (exact) mass is 380 g/mol. The molecule has 0 aliphatic heterocycles. The highest BCUT2D eigenvalue weighted by atomic mass is 127. The van der Waals surface area contributed by atoms with Gasteiger partial charge in [-0.2, -0.15) is 13.2 Å². The predicted molar refractivity (Wildman–Crippen MR) is 73.1 cm³/mol. The molecule has 0 heterocycles. The first kappa shape index (κ1) is 18.0. The van der Waals surface area contributed by atoms with Gasteiger partial charge in [-0.1, -0.05) is 61.1 Å². The van der Waals surface area contributed by atoms with Gasteiger partial charge in [0, 0.05) is 6.42 Å². The van der Waals surface area contributed by atoms with Crippen molar-refractivity contribution >= 4 is 28.6 Å². The fourth-order valence-electron chi connectivity index (χ4n) is 1.66. The number of alkyl halides is 4. The first-order valence-corrected chi connectivity index (χ1v) is 7.51. The van der Waals surface area contributed by atoms with Crippen LogP contribution in [0.15, 0.2) is 0 Å². The summed E-state index contributed by atoms with van der Waals surface area (Å²) in [6.45, 7) is 0. The highest BCUT2D eigenvalue weighted by Crippen LogP contribution is 2.23. The van der Waals surface area contributed by atoms with Gasteiger partial charge in [0.15, 0.2) is 0 Å². The summed E-state index contributed by atoms with van der Waals surface area (Å²) in [6.07, 6.45) is 1.42. The largest absolute Gasteiger partial charge is 0.480 e. The van der Waals surface area contributed by atoms with Gasteiger partial charge in [0.05, 0.1) is 0 Å². The fraction of sp³-hybridized carbons (Fsp3) is 0.917. The molecular weight excluding hydrogens is 360 g/mol. The second kappa shape index (κ2) is 9.86. The first-order valence-electron chi connectivity index (χ1n) is 6.26. The third kappa shape index (κ3) is 12.4. The summed E-state index contributed by atoms with van der Waals surface area (Å²) in [5, 5.41) is 8.65. The molecule has 0 bridgehead atoms. The lowest BCUT2D eigenvalue weighted by Gasteiger charge is -2.06. The Balaban J connectivity index is 3.20. The smallest absolute Gasteiger partial charge is 0.389 e. The molecule has 0 spiro atoms. The Morgan fingerprint density at radius 1 is 1.00 bits per heavy atom. The standard InChI is InChI=1S/C12H20F3IO2/c13-12(14,15)9-7-5-3-1-2-4-6-8-10(16)11(17)18/h10H,1-9H2,(H,17,18). The van der Waals surface area contributed by atoms with Crippen LogP contribution >= 0.6 is 22.6 Å². The number of halogens is 4. The molecule has 0 fully saturated rings. The number of rotatable bonds is 10. The van der Waals surface area contributed by atoms with Gasteiger partial charge in [0.1, 0.15) is 3.92 Å². The van der Waals surface area contributed by atoms with E-state index in [9.17, 15) is 18.0 Å². The van der Waals surface area contributed by atoms with Crippen molar-refractivity contribution in [2.24, 2.45) is 0 Å². The summed E-state index contributed by atoms with van der Waals surface area (Å²) in [5.74, 6) is -0.775. The van der Waals surface area contributed by atoms with Crippen LogP contribution in [0, 0.1) is 0 Å². The topological polar surface area (TPSA) is 37.3 Å². The molecule has 1 atom stereocenters. The highest BCUT2D eigenvalue weighted by Gasteiger charge is 2.25. The number of aliphatic carboxylic acids is 1. The zero-order valence-corrected chi connectivity index (χ0v) is 12.5. The average molecular weight is 380 g/mol. The highest BCUT2D eigenvalue weighted by molar-refractivity contribution is 14.1. The predicted octanol–water partition coefficient (Wildman–Crippen LogP) is 4.95. The summed E-state index contributed by atoms with van der Waals surface area (Å²) < 4.78 is 35.1. The van der Waals surface area contributed by atoms with Crippen LogP contribution in [0.4, 0.5) is 13.2 Å². The van der Waals surface area contributed by atoms with Crippen molar-refractivity contribution in [2.75, 3.05) is 0 Å². The van der Waals surface area contributed by atoms with Gasteiger partial charge in [0.2, 0.25) is 0 Å². The SMILES string of the molecule is O=C(O)C(I)CCCCCCCCCC(F)(F)F. The molecule has 0 rings (SSSR count). The molecule has 0 radical (unpaired) electrons. The molecule has 1 unspecified atom stereocenters. The van der Waals surface area contributed by atoms with Gasteiger partial charge < -0.3 is 5.11 Å². The van der Waals surface area contributed by atoms with E-state index in [2.05, 4.69) is 0 Å². The second-order valence-corrected chi connectivity index (χ2v) is 5.94. The zero-order valence-electron chi connectivity index (χ0n) is 10.3. The van der Waals surface area contributed by atoms with Gasteiger partial charge in [0.25, 0.3) is 0 Å². The van der Waals surface area contributed by atoms with Crippen LogP contribution < -0.4 is 0 Å². The lowest BCUT2D eigenvalue weighted by atomic mass is 10.1. The Kier molecular flexibility index (Phi) is 9.85. The molecule has 1 N–H and O–H groups in total. The molecule has 2 nitrogen and oxygen atoms in total. The van der Waals surface area contributed by atoms with Gasteiger partial charge in [-0.25, -0.2) is 0 Å². The molecule has 0 saturated heterocycles. The summed E-state index contributed by atoms with van der Waals surface area (Å²) >= 11 is 1.91. The van der Waals surface area contributed by atoms with Crippen LogP contribution in [0.1, 0.15) is 57.8 Å². The second-order valence-electron chi connectivity index (χ2n) is 4.43. The Hall–Kier alpha value is -0.0100. The summed E-state index contributed by atoms with van der Waals surface area (Å²) in [4.78, 5) is 10.5. The van der Waals surface area contributed by atoms with Crippen LogP contribution in [0.3, 0.4) is 0 Å². The quantitative estimate of drug-likeness (QED) is 0.331. The Morgan fingerprint density at radius 2 is 1.44 bits per heavy atom. The number of carboxylic acids is 1. The minimum atomic E-state index is -4.02. The summed E-state index contributed by atoms with van der Waals surface area (Å²) in [6, 6.07) is 0. The maximum atomic E-state index is 11.8. The third-order valence-corrected chi connectivity index (χ3v) is 3.84. The van der Waals surface area contributed by atoms with Crippen LogP contribution in [0.5, 0.6) is 0 Å². The number of carbonyl (C=O) groups is 1. The maximum Gasteiger partial charge on any atom is 0.389 e. The minimum absolute atomic E-state index is 0.221. The molecule has 0 aromatic heterocycles. The van der Waals surface area contributed by atoms with E-state index >= 15 is 0 Å². The average Bonchev–Trinajstić information content (AvgIpc) is 2.24. The van der Waals surface area contributed by atoms with E-state index in [-0.39, 0.29) is 10.3 Å². The number of carboxylic acid groups (broad SMARTS) is 1. The van der Waals surface area contributed by atoms with Crippen molar-refractivity contribution < 1.29 is 23.1 Å². The van der Waals surface area contributed by atoms with Crippen molar-refractivity contribution in [1.29, 1.82) is 0 Å². The van der Waals surface area contributed by atoms with Gasteiger partial charge >= 0.3 is 12.1 Å². The molecule has 0 amide bonds. The molecule has 0 aromatic rings. The van der Waals surface area contributed by atoms with Crippen molar-refractivity contribution in [3.8, 4) is 0 Å². The molecule has 0 aliphatic carbocycles. The molecule has 0 aliphatic rings. The number of hydrogen-bond acceptors (Lipinski definition) is 1. The summed E-state index contributed by atoms with van der Waals surface area (Å²) in [5.41, 5.74) is 0. The van der Waals surface area contributed by atoms with E-state index in [1.807, 2.05) is 22.6 Å². The van der Waals surface area contributed by atoms with Crippen LogP contribution in [-0.4, -0.2) is 21.2 Å². The van der Waals surface area contributed by atoms with Gasteiger partial charge in [-0.15, -0.1) is 0 Å². The Morgan fingerprint density at radius 3 is 1.89 bits per heavy atom. The molecule has 0 saturated carbocycles. The van der Waals surface area contributed by atoms with Gasteiger partial charge in [-0.05, 0) is 12.8 Å². The Bertz CT molecular complexity index is 232. The minimum Gasteiger partial charge on any atom is -0.480 e. The maximum absolute atomic E-state index is 11.8. The van der Waals surface area contributed by atoms with E-state index < -0.39 is 18.6 Å². The lowest BCUT2D eigenvalue weighted by Crippen LogP contribution is -2.11. The normalized spacial score (nSPS) is 13.6. The first-order chi connectivity index (χ1) is 8.33. The third-order valence-electron chi connectivity index (χ3n) is 2.69. The molecule has 108 valence electrons.